The molecule has 2 unspecified atom stereocenters. The average Bonchev–Trinajstić information content (AvgIpc) is 2.73. The smallest absolute Gasteiger partial charge is 0.135 e. The van der Waals surface area contributed by atoms with Gasteiger partial charge in [-0.2, -0.15) is 0 Å². The first kappa shape index (κ1) is 19.7. The van der Waals surface area contributed by atoms with E-state index in [1.54, 1.807) is 0 Å². The highest BCUT2D eigenvalue weighted by Gasteiger charge is 2.30. The van der Waals surface area contributed by atoms with Gasteiger partial charge in [-0.15, -0.1) is 17.0 Å². The Kier molecular flexibility index (Phi) is 6.77. The second-order valence-corrected chi connectivity index (χ2v) is 6.66. The monoisotopic (exact) mass is 427 g/mol. The van der Waals surface area contributed by atoms with Gasteiger partial charge < -0.3 is 10.6 Å². The molecule has 0 saturated carbocycles. The molecule has 0 bridgehead atoms. The first-order valence-electron chi connectivity index (χ1n) is 9.34. The van der Waals surface area contributed by atoms with E-state index in [0.717, 1.165) is 43.0 Å². The average molecular weight is 428 g/mol. The van der Waals surface area contributed by atoms with Gasteiger partial charge in [-0.25, -0.2) is 4.98 Å². The van der Waals surface area contributed by atoms with Crippen molar-refractivity contribution in [1.29, 1.82) is 0 Å². The number of hydrogen-bond donors (Lipinski definition) is 2. The zero-order chi connectivity index (χ0) is 17.8. The largest absolute Gasteiger partial charge is 0.354 e. The molecule has 0 spiro atoms. The molecule has 2 N–H and O–H groups in total. The van der Waals surface area contributed by atoms with Crippen LogP contribution in [0.2, 0.25) is 0 Å². The van der Waals surface area contributed by atoms with E-state index in [-0.39, 0.29) is 29.2 Å². The topological polar surface area (TPSA) is 53.1 Å². The number of hydrogen-bond acceptors (Lipinski definition) is 5. The van der Waals surface area contributed by atoms with Crippen LogP contribution in [0.3, 0.4) is 0 Å². The van der Waals surface area contributed by atoms with E-state index in [2.05, 4.69) is 74.9 Å². The molecule has 5 nitrogen and oxygen atoms in total. The number of fused-ring (bicyclic) bond motifs is 1. The Labute approximate surface area is 171 Å². The predicted molar refractivity (Wildman–Crippen MR) is 116 cm³/mol. The summed E-state index contributed by atoms with van der Waals surface area (Å²) in [5.41, 5.74) is 1.12. The molecule has 2 aromatic heterocycles. The summed E-state index contributed by atoms with van der Waals surface area (Å²) in [7, 11) is 0. The standard InChI is InChI=1S/C21H25N5.BrH/c1-2-20(25-21-17-8-4-3-7-16(17)10-12-24-21)26-14-13-22-15-19(26)18-9-5-6-11-23-18;/h3-12,19-20,22H,2,13-15H2,1H3,(H,24,25);1H. The van der Waals surface area contributed by atoms with Gasteiger partial charge in [0.2, 0.25) is 0 Å². The Bertz CT molecular complexity index is 852. The number of aromatic nitrogens is 2. The van der Waals surface area contributed by atoms with Gasteiger partial charge >= 0.3 is 0 Å². The lowest BCUT2D eigenvalue weighted by Gasteiger charge is -2.41. The summed E-state index contributed by atoms with van der Waals surface area (Å²) in [6.07, 6.45) is 4.96. The van der Waals surface area contributed by atoms with E-state index in [1.165, 1.54) is 5.39 Å². The highest BCUT2D eigenvalue weighted by atomic mass is 79.9. The summed E-state index contributed by atoms with van der Waals surface area (Å²) in [6.45, 7) is 5.11. The van der Waals surface area contributed by atoms with Crippen LogP contribution < -0.4 is 10.6 Å². The normalized spacial score (nSPS) is 18.6. The molecule has 0 radical (unpaired) electrons. The van der Waals surface area contributed by atoms with Crippen LogP contribution in [0.4, 0.5) is 5.82 Å². The number of piperazine rings is 1. The lowest BCUT2D eigenvalue weighted by molar-refractivity contribution is 0.114. The van der Waals surface area contributed by atoms with Crippen LogP contribution in [-0.2, 0) is 0 Å². The fraction of sp³-hybridized carbons (Fsp3) is 0.333. The maximum Gasteiger partial charge on any atom is 0.135 e. The van der Waals surface area contributed by atoms with E-state index < -0.39 is 0 Å². The summed E-state index contributed by atoms with van der Waals surface area (Å²) < 4.78 is 0. The first-order chi connectivity index (χ1) is 12.9. The maximum atomic E-state index is 4.62. The Balaban J connectivity index is 0.00000210. The van der Waals surface area contributed by atoms with Crippen molar-refractivity contribution in [3.8, 4) is 0 Å². The van der Waals surface area contributed by atoms with Crippen molar-refractivity contribution in [3.63, 3.8) is 0 Å². The summed E-state index contributed by atoms with van der Waals surface area (Å²) >= 11 is 0. The van der Waals surface area contributed by atoms with Gasteiger partial charge in [0.05, 0.1) is 17.9 Å². The Morgan fingerprint density at radius 1 is 1.11 bits per heavy atom. The summed E-state index contributed by atoms with van der Waals surface area (Å²) in [5.74, 6) is 0.952. The summed E-state index contributed by atoms with van der Waals surface area (Å²) in [4.78, 5) is 11.7. The van der Waals surface area contributed by atoms with Crippen LogP contribution in [0.25, 0.3) is 10.8 Å². The van der Waals surface area contributed by atoms with Crippen LogP contribution in [0.5, 0.6) is 0 Å². The van der Waals surface area contributed by atoms with Gasteiger partial charge in [0, 0.05) is 37.4 Å². The number of nitrogens with zero attached hydrogens (tertiary/aromatic N) is 3. The predicted octanol–water partition coefficient (Wildman–Crippen LogP) is 4.00. The molecular formula is C21H26BrN5. The molecule has 4 rings (SSSR count). The van der Waals surface area contributed by atoms with Crippen molar-refractivity contribution in [3.05, 3.63) is 66.6 Å². The van der Waals surface area contributed by atoms with E-state index >= 15 is 0 Å². The molecule has 1 fully saturated rings. The number of rotatable bonds is 5. The Morgan fingerprint density at radius 2 is 1.96 bits per heavy atom. The van der Waals surface area contributed by atoms with Crippen LogP contribution >= 0.6 is 17.0 Å². The fourth-order valence-electron chi connectivity index (χ4n) is 3.75. The third-order valence-corrected chi connectivity index (χ3v) is 5.08. The van der Waals surface area contributed by atoms with Crippen molar-refractivity contribution < 1.29 is 0 Å². The Morgan fingerprint density at radius 3 is 2.78 bits per heavy atom. The van der Waals surface area contributed by atoms with Crippen LogP contribution in [-0.4, -0.2) is 40.7 Å². The van der Waals surface area contributed by atoms with E-state index in [1.807, 2.05) is 18.5 Å². The molecule has 1 aromatic carbocycles. The summed E-state index contributed by atoms with van der Waals surface area (Å²) in [6, 6.07) is 16.9. The molecule has 0 amide bonds. The third kappa shape index (κ3) is 4.29. The lowest BCUT2D eigenvalue weighted by Crippen LogP contribution is -2.53. The van der Waals surface area contributed by atoms with Crippen LogP contribution in [0, 0.1) is 0 Å². The Hall–Kier alpha value is -2.02. The van der Waals surface area contributed by atoms with Gasteiger partial charge in [0.15, 0.2) is 0 Å². The van der Waals surface area contributed by atoms with Gasteiger partial charge in [0.1, 0.15) is 5.82 Å². The molecular weight excluding hydrogens is 402 g/mol. The van der Waals surface area contributed by atoms with Crippen molar-refractivity contribution >= 4 is 33.6 Å². The highest BCUT2D eigenvalue weighted by Crippen LogP contribution is 2.27. The zero-order valence-electron chi connectivity index (χ0n) is 15.5. The molecule has 1 aliphatic heterocycles. The highest BCUT2D eigenvalue weighted by molar-refractivity contribution is 8.93. The molecule has 3 heterocycles. The number of nitrogens with one attached hydrogen (secondary N) is 2. The number of benzene rings is 1. The van der Waals surface area contributed by atoms with Crippen LogP contribution in [0.1, 0.15) is 25.1 Å². The van der Waals surface area contributed by atoms with Gasteiger partial charge in [-0.1, -0.05) is 37.3 Å². The van der Waals surface area contributed by atoms with E-state index in [9.17, 15) is 0 Å². The minimum atomic E-state index is 0. The maximum absolute atomic E-state index is 4.62. The first-order valence-corrected chi connectivity index (χ1v) is 9.34. The quantitative estimate of drug-likeness (QED) is 0.644. The number of pyridine rings is 2. The second kappa shape index (κ2) is 9.26. The molecule has 27 heavy (non-hydrogen) atoms. The second-order valence-electron chi connectivity index (χ2n) is 6.66. The van der Waals surface area contributed by atoms with Crippen molar-refractivity contribution in [2.45, 2.75) is 25.6 Å². The third-order valence-electron chi connectivity index (χ3n) is 5.08. The van der Waals surface area contributed by atoms with Crippen molar-refractivity contribution in [2.24, 2.45) is 0 Å². The molecule has 1 saturated heterocycles. The fourth-order valence-corrected chi connectivity index (χ4v) is 3.75. The molecule has 2 atom stereocenters. The minimum Gasteiger partial charge on any atom is -0.354 e. The van der Waals surface area contributed by atoms with Gasteiger partial charge in [-0.3, -0.25) is 9.88 Å². The van der Waals surface area contributed by atoms with E-state index in [0.29, 0.717) is 0 Å². The van der Waals surface area contributed by atoms with Crippen molar-refractivity contribution in [1.82, 2.24) is 20.2 Å². The molecule has 142 valence electrons. The summed E-state index contributed by atoms with van der Waals surface area (Å²) in [5, 5.41) is 9.59. The molecule has 1 aliphatic rings. The van der Waals surface area contributed by atoms with Gasteiger partial charge in [0.25, 0.3) is 0 Å². The number of halogens is 1. The minimum absolute atomic E-state index is 0. The van der Waals surface area contributed by atoms with Crippen molar-refractivity contribution in [2.75, 3.05) is 25.0 Å². The SMILES string of the molecule is Br.CCC(Nc1nccc2ccccc12)N1CCNCC1c1ccccn1. The lowest BCUT2D eigenvalue weighted by atomic mass is 10.1. The van der Waals surface area contributed by atoms with E-state index in [4.69, 9.17) is 0 Å². The molecule has 6 heteroatoms. The number of anilines is 1. The molecule has 3 aromatic rings. The van der Waals surface area contributed by atoms with Crippen LogP contribution in [0.15, 0.2) is 60.9 Å². The van der Waals surface area contributed by atoms with Gasteiger partial charge in [-0.05, 0) is 30.0 Å². The zero-order valence-corrected chi connectivity index (χ0v) is 17.2. The molecule has 0 aliphatic carbocycles.